The van der Waals surface area contributed by atoms with Gasteiger partial charge in [-0.3, -0.25) is 9.59 Å². The number of likely N-dealkylation sites (tertiary alicyclic amines) is 1. The molecule has 6 nitrogen and oxygen atoms in total. The van der Waals surface area contributed by atoms with Crippen molar-refractivity contribution in [3.63, 3.8) is 0 Å². The highest BCUT2D eigenvalue weighted by molar-refractivity contribution is 5.85. The van der Waals surface area contributed by atoms with Gasteiger partial charge in [-0.1, -0.05) is 0 Å². The molecule has 0 aromatic heterocycles. The molecular formula is C17H30ClN3O3. The van der Waals surface area contributed by atoms with Crippen molar-refractivity contribution in [1.29, 1.82) is 0 Å². The van der Waals surface area contributed by atoms with Crippen LogP contribution in [0.5, 0.6) is 0 Å². The largest absolute Gasteiger partial charge is 0.378 e. The molecule has 7 heteroatoms. The summed E-state index contributed by atoms with van der Waals surface area (Å²) in [6.45, 7) is 1.96. The molecule has 2 aliphatic carbocycles. The highest BCUT2D eigenvalue weighted by atomic mass is 35.5. The highest BCUT2D eigenvalue weighted by Gasteiger charge is 2.50. The number of nitrogens with zero attached hydrogens (tertiary/aromatic N) is 1. The highest BCUT2D eigenvalue weighted by Crippen LogP contribution is 2.48. The number of fused-ring (bicyclic) bond motifs is 2. The first-order valence-electron chi connectivity index (χ1n) is 8.96. The molecule has 24 heavy (non-hydrogen) atoms. The second-order valence-electron chi connectivity index (χ2n) is 7.25. The zero-order chi connectivity index (χ0) is 16.4. The normalized spacial score (nSPS) is 32.5. The lowest BCUT2D eigenvalue weighted by molar-refractivity contribution is -0.140. The van der Waals surface area contributed by atoms with Crippen molar-refractivity contribution in [1.82, 2.24) is 10.2 Å². The third-order valence-corrected chi connectivity index (χ3v) is 5.98. The van der Waals surface area contributed by atoms with E-state index < -0.39 is 0 Å². The monoisotopic (exact) mass is 359 g/mol. The van der Waals surface area contributed by atoms with E-state index in [9.17, 15) is 9.59 Å². The molecule has 4 atom stereocenters. The van der Waals surface area contributed by atoms with E-state index in [-0.39, 0.29) is 42.3 Å². The predicted octanol–water partition coefficient (Wildman–Crippen LogP) is 0.925. The van der Waals surface area contributed by atoms with Gasteiger partial charge in [0.1, 0.15) is 0 Å². The molecule has 3 rings (SSSR count). The summed E-state index contributed by atoms with van der Waals surface area (Å²) >= 11 is 0. The Hall–Kier alpha value is -0.850. The number of ether oxygens (including phenoxy) is 1. The minimum atomic E-state index is 0. The molecule has 4 unspecified atom stereocenters. The Morgan fingerprint density at radius 2 is 1.83 bits per heavy atom. The molecule has 138 valence electrons. The van der Waals surface area contributed by atoms with Gasteiger partial charge in [0.05, 0.1) is 18.6 Å². The van der Waals surface area contributed by atoms with Crippen LogP contribution in [0, 0.1) is 17.8 Å². The summed E-state index contributed by atoms with van der Waals surface area (Å²) in [5, 5.41) is 2.59. The molecule has 0 spiro atoms. The maximum absolute atomic E-state index is 12.8. The third kappa shape index (κ3) is 4.03. The van der Waals surface area contributed by atoms with Crippen LogP contribution in [0.2, 0.25) is 0 Å². The first-order chi connectivity index (χ1) is 11.1. The van der Waals surface area contributed by atoms with Gasteiger partial charge in [-0.2, -0.15) is 0 Å². The molecule has 3 fully saturated rings. The topological polar surface area (TPSA) is 84.7 Å². The third-order valence-electron chi connectivity index (χ3n) is 5.98. The number of piperidine rings is 1. The Morgan fingerprint density at radius 3 is 2.42 bits per heavy atom. The molecule has 0 aromatic carbocycles. The van der Waals surface area contributed by atoms with Gasteiger partial charge < -0.3 is 20.7 Å². The summed E-state index contributed by atoms with van der Waals surface area (Å²) in [7, 11) is 1.63. The average Bonchev–Trinajstić information content (AvgIpc) is 3.16. The first-order valence-corrected chi connectivity index (χ1v) is 8.96. The van der Waals surface area contributed by atoms with E-state index in [4.69, 9.17) is 10.5 Å². The number of nitrogens with one attached hydrogen (secondary N) is 1. The summed E-state index contributed by atoms with van der Waals surface area (Å²) < 4.78 is 5.76. The van der Waals surface area contributed by atoms with E-state index in [0.29, 0.717) is 24.9 Å². The van der Waals surface area contributed by atoms with Crippen LogP contribution in [0.1, 0.15) is 38.5 Å². The van der Waals surface area contributed by atoms with Gasteiger partial charge in [-0.05, 0) is 43.9 Å². The molecule has 3 aliphatic rings. The number of nitrogens with two attached hydrogens (primary N) is 1. The minimum Gasteiger partial charge on any atom is -0.378 e. The fraction of sp³-hybridized carbons (Fsp3) is 0.882. The van der Waals surface area contributed by atoms with Gasteiger partial charge in [0.15, 0.2) is 0 Å². The van der Waals surface area contributed by atoms with E-state index in [2.05, 4.69) is 5.32 Å². The van der Waals surface area contributed by atoms with E-state index in [1.165, 1.54) is 12.8 Å². The van der Waals surface area contributed by atoms with E-state index in [1.807, 2.05) is 4.90 Å². The summed E-state index contributed by atoms with van der Waals surface area (Å²) in [5.74, 6) is 1.42. The lowest BCUT2D eigenvalue weighted by atomic mass is 9.83. The molecule has 0 radical (unpaired) electrons. The van der Waals surface area contributed by atoms with Crippen LogP contribution in [0.15, 0.2) is 0 Å². The molecule has 1 heterocycles. The molecule has 1 aliphatic heterocycles. The quantitative estimate of drug-likeness (QED) is 0.764. The van der Waals surface area contributed by atoms with Crippen LogP contribution < -0.4 is 11.1 Å². The Balaban J connectivity index is 0.00000208. The summed E-state index contributed by atoms with van der Waals surface area (Å²) in [5.41, 5.74) is 6.30. The fourth-order valence-electron chi connectivity index (χ4n) is 4.60. The SMILES string of the molecule is CNC(=O)CCOC1CCN(C(=O)C2C3CCC(C3)C2N)CC1.Cl. The Labute approximate surface area is 150 Å². The van der Waals surface area contributed by atoms with Crippen molar-refractivity contribution < 1.29 is 14.3 Å². The van der Waals surface area contributed by atoms with Crippen LogP contribution in [0.25, 0.3) is 0 Å². The Bertz CT molecular complexity index is 452. The van der Waals surface area contributed by atoms with Crippen molar-refractivity contribution in [2.24, 2.45) is 23.5 Å². The number of hydrogen-bond donors (Lipinski definition) is 2. The minimum absolute atomic E-state index is 0. The van der Waals surface area contributed by atoms with Gasteiger partial charge in [-0.15, -0.1) is 12.4 Å². The summed E-state index contributed by atoms with van der Waals surface area (Å²) in [6.07, 6.45) is 5.81. The van der Waals surface area contributed by atoms with Crippen molar-refractivity contribution in [3.8, 4) is 0 Å². The molecule has 1 saturated heterocycles. The second kappa shape index (κ2) is 8.50. The number of hydrogen-bond acceptors (Lipinski definition) is 4. The maximum Gasteiger partial charge on any atom is 0.227 e. The van der Waals surface area contributed by atoms with Crippen LogP contribution in [0.4, 0.5) is 0 Å². The average molecular weight is 360 g/mol. The van der Waals surface area contributed by atoms with E-state index >= 15 is 0 Å². The van der Waals surface area contributed by atoms with Crippen molar-refractivity contribution in [2.75, 3.05) is 26.7 Å². The molecule has 2 bridgehead atoms. The van der Waals surface area contributed by atoms with Gasteiger partial charge in [0.2, 0.25) is 11.8 Å². The van der Waals surface area contributed by atoms with Crippen molar-refractivity contribution in [2.45, 2.75) is 50.7 Å². The summed E-state index contributed by atoms with van der Waals surface area (Å²) in [4.78, 5) is 26.0. The lowest BCUT2D eigenvalue weighted by Crippen LogP contribution is -2.50. The first kappa shape index (κ1) is 19.5. The number of rotatable bonds is 5. The molecular weight excluding hydrogens is 330 g/mol. The van der Waals surface area contributed by atoms with Crippen LogP contribution in [0.3, 0.4) is 0 Å². The van der Waals surface area contributed by atoms with Crippen LogP contribution in [-0.2, 0) is 14.3 Å². The molecule has 2 saturated carbocycles. The van der Waals surface area contributed by atoms with Gasteiger partial charge in [-0.25, -0.2) is 0 Å². The van der Waals surface area contributed by atoms with Crippen LogP contribution >= 0.6 is 12.4 Å². The number of halogens is 1. The molecule has 3 N–H and O–H groups in total. The number of amides is 2. The van der Waals surface area contributed by atoms with Gasteiger partial charge >= 0.3 is 0 Å². The van der Waals surface area contributed by atoms with Crippen LogP contribution in [-0.4, -0.2) is 55.6 Å². The molecule has 2 amide bonds. The van der Waals surface area contributed by atoms with E-state index in [1.54, 1.807) is 7.05 Å². The number of carbonyl (C=O) groups excluding carboxylic acids is 2. The Kier molecular flexibility index (Phi) is 6.89. The van der Waals surface area contributed by atoms with Gasteiger partial charge in [0.25, 0.3) is 0 Å². The van der Waals surface area contributed by atoms with Crippen molar-refractivity contribution in [3.05, 3.63) is 0 Å². The zero-order valence-electron chi connectivity index (χ0n) is 14.4. The smallest absolute Gasteiger partial charge is 0.227 e. The van der Waals surface area contributed by atoms with Gasteiger partial charge in [0, 0.05) is 32.6 Å². The number of carbonyl (C=O) groups is 2. The van der Waals surface area contributed by atoms with Crippen molar-refractivity contribution >= 4 is 24.2 Å². The van der Waals surface area contributed by atoms with E-state index in [0.717, 1.165) is 32.4 Å². The second-order valence-corrected chi connectivity index (χ2v) is 7.25. The lowest BCUT2D eigenvalue weighted by Gasteiger charge is -2.36. The predicted molar refractivity (Wildman–Crippen MR) is 93.8 cm³/mol. The maximum atomic E-state index is 12.8. The fourth-order valence-corrected chi connectivity index (χ4v) is 4.60. The molecule has 0 aromatic rings. The standard InChI is InChI=1S/C17H29N3O3.ClH/c1-19-14(21)6-9-23-13-4-7-20(8-5-13)17(22)15-11-2-3-12(10-11)16(15)18;/h11-13,15-16H,2-10,18H2,1H3,(H,19,21);1H. The Morgan fingerprint density at radius 1 is 1.17 bits per heavy atom. The zero-order valence-corrected chi connectivity index (χ0v) is 15.2. The summed E-state index contributed by atoms with van der Waals surface area (Å²) in [6, 6.07) is 0.0720.